The Morgan fingerprint density at radius 1 is 1.03 bits per heavy atom. The number of nitrogens with one attached hydrogen (secondary N) is 2. The predicted octanol–water partition coefficient (Wildman–Crippen LogP) is 3.57. The zero-order valence-electron chi connectivity index (χ0n) is 17.0. The molecular formula is C20H19N3O5S4. The third kappa shape index (κ3) is 4.26. The van der Waals surface area contributed by atoms with Gasteiger partial charge in [0.15, 0.2) is 0 Å². The summed E-state index contributed by atoms with van der Waals surface area (Å²) in [4.78, 5) is 12.1. The van der Waals surface area contributed by atoms with E-state index >= 15 is 0 Å². The minimum absolute atomic E-state index is 0.0594. The van der Waals surface area contributed by atoms with Gasteiger partial charge >= 0.3 is 0 Å². The van der Waals surface area contributed by atoms with Crippen molar-refractivity contribution in [2.75, 3.05) is 16.6 Å². The van der Waals surface area contributed by atoms with Crippen molar-refractivity contribution in [2.45, 2.75) is 9.10 Å². The van der Waals surface area contributed by atoms with Crippen molar-refractivity contribution in [1.29, 1.82) is 0 Å². The highest BCUT2D eigenvalue weighted by Crippen LogP contribution is 2.32. The molecular weight excluding hydrogens is 491 g/mol. The fourth-order valence-electron chi connectivity index (χ4n) is 3.05. The van der Waals surface area contributed by atoms with Crippen LogP contribution in [0.25, 0.3) is 10.9 Å². The SMILES string of the molecule is C=S(=O)(Nc1cc(OC)ccc1NS(=O)(=O)c1ccc2c(c1)c(=O)sn2C)c1cccs1. The van der Waals surface area contributed by atoms with Gasteiger partial charge < -0.3 is 9.46 Å². The van der Waals surface area contributed by atoms with Gasteiger partial charge in [-0.05, 0) is 59.2 Å². The Balaban J connectivity index is 1.73. The molecule has 0 amide bonds. The Morgan fingerprint density at radius 3 is 2.50 bits per heavy atom. The fourth-order valence-corrected chi connectivity index (χ4v) is 7.21. The molecule has 12 heteroatoms. The van der Waals surface area contributed by atoms with E-state index in [9.17, 15) is 17.4 Å². The summed E-state index contributed by atoms with van der Waals surface area (Å²) in [5, 5.41) is 2.11. The van der Waals surface area contributed by atoms with Crippen molar-refractivity contribution in [3.8, 4) is 5.75 Å². The van der Waals surface area contributed by atoms with Crippen molar-refractivity contribution in [3.05, 3.63) is 63.4 Å². The van der Waals surface area contributed by atoms with Gasteiger partial charge in [-0.1, -0.05) is 6.07 Å². The predicted molar refractivity (Wildman–Crippen MR) is 132 cm³/mol. The number of fused-ring (bicyclic) bond motifs is 1. The molecule has 1 unspecified atom stereocenters. The van der Waals surface area contributed by atoms with Gasteiger partial charge in [0.1, 0.15) is 9.96 Å². The summed E-state index contributed by atoms with van der Waals surface area (Å²) in [6, 6.07) is 12.4. The number of anilines is 2. The van der Waals surface area contributed by atoms with E-state index in [1.54, 1.807) is 40.6 Å². The van der Waals surface area contributed by atoms with Crippen LogP contribution in [0.15, 0.2) is 67.8 Å². The minimum atomic E-state index is -4.05. The monoisotopic (exact) mass is 509 g/mol. The van der Waals surface area contributed by atoms with Crippen molar-refractivity contribution < 1.29 is 17.4 Å². The number of aryl methyl sites for hydroxylation is 1. The molecule has 0 spiro atoms. The maximum Gasteiger partial charge on any atom is 0.261 e. The molecule has 0 bridgehead atoms. The molecule has 32 heavy (non-hydrogen) atoms. The fraction of sp³-hybridized carbons (Fsp3) is 0.100. The Kier molecular flexibility index (Phi) is 5.79. The van der Waals surface area contributed by atoms with E-state index in [0.717, 1.165) is 11.5 Å². The minimum Gasteiger partial charge on any atom is -0.497 e. The number of nitrogens with zero attached hydrogens (tertiary/aromatic N) is 1. The Labute approximate surface area is 193 Å². The lowest BCUT2D eigenvalue weighted by Crippen LogP contribution is -2.17. The van der Waals surface area contributed by atoms with E-state index in [4.69, 9.17) is 4.74 Å². The van der Waals surface area contributed by atoms with Gasteiger partial charge in [0.2, 0.25) is 0 Å². The largest absolute Gasteiger partial charge is 0.497 e. The maximum absolute atomic E-state index is 13.1. The molecule has 0 aliphatic rings. The number of sulfonamides is 1. The summed E-state index contributed by atoms with van der Waals surface area (Å²) < 4.78 is 51.9. The highest BCUT2D eigenvalue weighted by Gasteiger charge is 2.20. The molecule has 2 aromatic carbocycles. The second kappa shape index (κ2) is 8.28. The average molecular weight is 510 g/mol. The maximum atomic E-state index is 13.1. The highest BCUT2D eigenvalue weighted by atomic mass is 32.2. The number of rotatable bonds is 7. The molecule has 8 nitrogen and oxygen atoms in total. The highest BCUT2D eigenvalue weighted by molar-refractivity contribution is 8.03. The van der Waals surface area contributed by atoms with Crippen LogP contribution in [-0.2, 0) is 26.8 Å². The number of aromatic nitrogens is 1. The van der Waals surface area contributed by atoms with Crippen LogP contribution < -0.4 is 18.9 Å². The summed E-state index contributed by atoms with van der Waals surface area (Å²) in [7, 11) is -3.77. The average Bonchev–Trinajstić information content (AvgIpc) is 3.38. The third-order valence-electron chi connectivity index (χ3n) is 4.62. The zero-order chi connectivity index (χ0) is 23.1. The van der Waals surface area contributed by atoms with E-state index < -0.39 is 19.7 Å². The van der Waals surface area contributed by atoms with Crippen LogP contribution in [0.4, 0.5) is 11.4 Å². The van der Waals surface area contributed by atoms with Gasteiger partial charge in [0, 0.05) is 13.1 Å². The first-order chi connectivity index (χ1) is 15.1. The van der Waals surface area contributed by atoms with E-state index in [1.807, 2.05) is 0 Å². The lowest BCUT2D eigenvalue weighted by atomic mass is 10.2. The number of hydrogen-bond acceptors (Lipinski definition) is 7. The van der Waals surface area contributed by atoms with Crippen LogP contribution >= 0.6 is 22.9 Å². The third-order valence-corrected chi connectivity index (χ3v) is 9.94. The molecule has 0 aliphatic carbocycles. The smallest absolute Gasteiger partial charge is 0.261 e. The normalized spacial score (nSPS) is 13.6. The number of methoxy groups -OCH3 is 1. The number of hydrogen-bond donors (Lipinski definition) is 2. The molecule has 0 aliphatic heterocycles. The number of ether oxygens (including phenoxy) is 1. The Hall–Kier alpha value is -2.80. The molecule has 2 aromatic heterocycles. The van der Waals surface area contributed by atoms with Gasteiger partial charge in [0.25, 0.3) is 14.8 Å². The van der Waals surface area contributed by atoms with E-state index in [2.05, 4.69) is 15.3 Å². The summed E-state index contributed by atoms with van der Waals surface area (Å²) in [5.74, 6) is 4.22. The van der Waals surface area contributed by atoms with Crippen molar-refractivity contribution in [1.82, 2.24) is 3.96 Å². The van der Waals surface area contributed by atoms with Gasteiger partial charge in [-0.3, -0.25) is 13.5 Å². The molecule has 0 saturated heterocycles. The quantitative estimate of drug-likeness (QED) is 0.371. The lowest BCUT2D eigenvalue weighted by Gasteiger charge is -2.17. The molecule has 4 rings (SSSR count). The van der Waals surface area contributed by atoms with Crippen LogP contribution in [0.3, 0.4) is 0 Å². The summed E-state index contributed by atoms with van der Waals surface area (Å²) in [5.41, 5.74) is 1.06. The molecule has 0 radical (unpaired) electrons. The topological polar surface area (TPSA) is 106 Å². The first-order valence-electron chi connectivity index (χ1n) is 9.10. The van der Waals surface area contributed by atoms with Crippen molar-refractivity contribution >= 4 is 70.7 Å². The first kappa shape index (κ1) is 22.4. The van der Waals surface area contributed by atoms with Crippen LogP contribution in [-0.4, -0.2) is 29.6 Å². The molecule has 2 N–H and O–H groups in total. The summed E-state index contributed by atoms with van der Waals surface area (Å²) in [6.07, 6.45) is 0. The van der Waals surface area contributed by atoms with Gasteiger partial charge in [-0.25, -0.2) is 12.6 Å². The summed E-state index contributed by atoms with van der Waals surface area (Å²) in [6.45, 7) is 0. The molecule has 4 aromatic rings. The molecule has 1 atom stereocenters. The standard InChI is InChI=1S/C20H19N3O5S4/c1-23-18-9-7-14(12-15(18)20(24)30-23)32(26,27)22-16-8-6-13(28-2)11-17(16)21-31(3,25)19-5-4-10-29-19/h4-12,22H,3H2,1-2H3,(H,21,25). The van der Waals surface area contributed by atoms with Gasteiger partial charge in [-0.2, -0.15) is 0 Å². The van der Waals surface area contributed by atoms with Crippen molar-refractivity contribution in [3.63, 3.8) is 0 Å². The van der Waals surface area contributed by atoms with Gasteiger partial charge in [-0.15, -0.1) is 11.3 Å². The second-order valence-electron chi connectivity index (χ2n) is 6.78. The number of benzene rings is 2. The Morgan fingerprint density at radius 2 is 1.81 bits per heavy atom. The molecule has 0 saturated carbocycles. The number of thiophene rings is 1. The van der Waals surface area contributed by atoms with Crippen LogP contribution in [0.1, 0.15) is 0 Å². The molecule has 0 fully saturated rings. The van der Waals surface area contributed by atoms with Gasteiger partial charge in [0.05, 0.1) is 44.0 Å². The second-order valence-corrected chi connectivity index (χ2v) is 12.8. The van der Waals surface area contributed by atoms with Crippen molar-refractivity contribution in [2.24, 2.45) is 7.05 Å². The van der Waals surface area contributed by atoms with Crippen LogP contribution in [0.5, 0.6) is 5.75 Å². The first-order valence-corrected chi connectivity index (χ1v) is 14.0. The molecule has 168 valence electrons. The Bertz CT molecular complexity index is 1570. The van der Waals surface area contributed by atoms with E-state index in [1.165, 1.54) is 42.7 Å². The zero-order valence-corrected chi connectivity index (χ0v) is 20.3. The van der Waals surface area contributed by atoms with Crippen LogP contribution in [0, 0.1) is 0 Å². The molecule has 2 heterocycles. The van der Waals surface area contributed by atoms with E-state index in [-0.39, 0.29) is 21.0 Å². The lowest BCUT2D eigenvalue weighted by molar-refractivity contribution is 0.415. The van der Waals surface area contributed by atoms with Crippen LogP contribution in [0.2, 0.25) is 0 Å². The van der Waals surface area contributed by atoms with E-state index in [0.29, 0.717) is 20.9 Å². The summed E-state index contributed by atoms with van der Waals surface area (Å²) >= 11 is 2.28.